The predicted molar refractivity (Wildman–Crippen MR) is 272 cm³/mol. The molecular weight excluding hydrogens is 1030 g/mol. The third-order valence-electron chi connectivity index (χ3n) is 11.4. The van der Waals surface area contributed by atoms with Crippen LogP contribution in [-0.2, 0) is 54.0 Å². The van der Waals surface area contributed by atoms with Gasteiger partial charge in [0.1, 0.15) is 70.9 Å². The molecule has 1 aliphatic carbocycles. The number of nitro groups is 1. The van der Waals surface area contributed by atoms with Gasteiger partial charge in [-0.15, -0.1) is 0 Å². The van der Waals surface area contributed by atoms with Crippen LogP contribution in [0.5, 0.6) is 0 Å². The maximum Gasteiger partial charge on any atom is 0.410 e. The molecule has 28 heteroatoms. The number of nitrogens with one attached hydrogen (secondary N) is 5. The van der Waals surface area contributed by atoms with Crippen LogP contribution < -0.4 is 26.6 Å². The predicted octanol–water partition coefficient (Wildman–Crippen LogP) is 2.85. The Bertz CT molecular complexity index is 2290. The van der Waals surface area contributed by atoms with Crippen molar-refractivity contribution in [3.05, 3.63) is 51.8 Å². The van der Waals surface area contributed by atoms with Crippen molar-refractivity contribution in [2.45, 2.75) is 205 Å². The monoisotopic (exact) mass is 1110 g/mol. The van der Waals surface area contributed by atoms with Gasteiger partial charge < -0.3 is 94.5 Å². The lowest BCUT2D eigenvalue weighted by molar-refractivity contribution is -0.384. The van der Waals surface area contributed by atoms with Crippen LogP contribution in [0.3, 0.4) is 0 Å². The molecular formula is C50H79N7O21. The maximum atomic E-state index is 13.8. The van der Waals surface area contributed by atoms with Crippen LogP contribution in [0.15, 0.2) is 36.1 Å². The van der Waals surface area contributed by atoms with E-state index in [1.807, 2.05) is 0 Å². The number of nitrogens with zero attached hydrogens (tertiary/aromatic N) is 2. The van der Waals surface area contributed by atoms with Crippen LogP contribution in [-0.4, -0.2) is 189 Å². The number of aliphatic hydroxyl groups is 4. The highest BCUT2D eigenvalue weighted by molar-refractivity contribution is 5.82. The Labute approximate surface area is 452 Å². The van der Waals surface area contributed by atoms with Gasteiger partial charge in [-0.1, -0.05) is 0 Å². The van der Waals surface area contributed by atoms with Crippen LogP contribution >= 0.6 is 0 Å². The van der Waals surface area contributed by atoms with Crippen molar-refractivity contribution in [2.75, 3.05) is 26.7 Å². The average Bonchev–Trinajstić information content (AvgIpc) is 3.28. The first-order valence-corrected chi connectivity index (χ1v) is 25.2. The first-order chi connectivity index (χ1) is 35.8. The molecule has 1 saturated heterocycles. The molecule has 0 radical (unpaired) electrons. The molecule has 0 bridgehead atoms. The van der Waals surface area contributed by atoms with E-state index in [0.717, 1.165) is 4.90 Å². The van der Waals surface area contributed by atoms with Gasteiger partial charge in [-0.2, -0.15) is 0 Å². The molecule has 1 aromatic rings. The summed E-state index contributed by atoms with van der Waals surface area (Å²) in [5.41, 5.74) is -5.59. The number of likely N-dealkylation sites (N-methyl/N-ethyl adjacent to an activating group) is 1. The normalized spacial score (nSPS) is 27.0. The second-order valence-electron chi connectivity index (χ2n) is 23.3. The minimum atomic E-state index is -2.02. The highest BCUT2D eigenvalue weighted by atomic mass is 16.7. The number of alkyl carbamates (subject to hydrolysis) is 4. The fourth-order valence-corrected chi connectivity index (χ4v) is 8.18. The van der Waals surface area contributed by atoms with E-state index >= 15 is 0 Å². The van der Waals surface area contributed by atoms with E-state index in [4.69, 9.17) is 42.6 Å². The Morgan fingerprint density at radius 3 is 1.79 bits per heavy atom. The fourth-order valence-electron chi connectivity index (χ4n) is 8.18. The number of nitro benzene ring substituents is 1. The lowest BCUT2D eigenvalue weighted by atomic mass is 9.82. The molecule has 9 N–H and O–H groups in total. The van der Waals surface area contributed by atoms with Crippen molar-refractivity contribution in [2.24, 2.45) is 0 Å². The van der Waals surface area contributed by atoms with Gasteiger partial charge in [0.15, 0.2) is 6.29 Å². The molecule has 0 aromatic heterocycles. The number of hydrogen-bond donors (Lipinski definition) is 9. The van der Waals surface area contributed by atoms with E-state index < -0.39 is 156 Å². The zero-order valence-electron chi connectivity index (χ0n) is 46.6. The molecule has 0 unspecified atom stereocenters. The smallest absolute Gasteiger partial charge is 0.410 e. The van der Waals surface area contributed by atoms with E-state index in [1.165, 1.54) is 44.3 Å². The third-order valence-corrected chi connectivity index (χ3v) is 11.4. The van der Waals surface area contributed by atoms with E-state index in [9.17, 15) is 59.3 Å². The third kappa shape index (κ3) is 20.2. The van der Waals surface area contributed by atoms with Gasteiger partial charge in [0, 0.05) is 19.2 Å². The summed E-state index contributed by atoms with van der Waals surface area (Å²) >= 11 is 0. The summed E-state index contributed by atoms with van der Waals surface area (Å²) in [7, 11) is 1.27. The standard InChI is InChI=1S/C50H79N7O21/c1-46(2,3)75-42(63)52-23-32(58)38(61)53-30-21-31(55-44(65)77-48(7,8)9)36(33(59)35(30)74-40-34(60)37(50(13,67)25-71-40)56(14)45(66)78-49(10,11)12)73-39-29(54-43(64)76-47(4,5)6)20-19-28(72-39)22-51-41(62)70-24-26-15-17-27(18-16-26)57(68)69/h15-19,29-37,39-40,58-60,67H,20-25H2,1-14H3,(H,51,62)(H,52,63)(H,53,61)(H,54,64)(H,55,65)/t29-,30-,31+,32+,33-,34-,35+,36-,37-,39-,40-,50+/m1/s1. The average molecular weight is 1110 g/mol. The van der Waals surface area contributed by atoms with Gasteiger partial charge >= 0.3 is 30.5 Å². The number of hydrogen-bond acceptors (Lipinski definition) is 21. The molecule has 1 saturated carbocycles. The second-order valence-corrected chi connectivity index (χ2v) is 23.3. The number of carbonyl (C=O) groups excluding carboxylic acids is 6. The summed E-state index contributed by atoms with van der Waals surface area (Å²) in [4.78, 5) is 90.9. The summed E-state index contributed by atoms with van der Waals surface area (Å²) in [5.74, 6) is -1.05. The minimum Gasteiger partial charge on any atom is -0.465 e. The molecule has 6 amide bonds. The number of benzene rings is 1. The van der Waals surface area contributed by atoms with Gasteiger partial charge in [0.05, 0.1) is 48.8 Å². The first-order valence-electron chi connectivity index (χ1n) is 25.2. The Morgan fingerprint density at radius 1 is 0.744 bits per heavy atom. The maximum absolute atomic E-state index is 13.8. The summed E-state index contributed by atoms with van der Waals surface area (Å²) in [6.07, 6.45) is -16.4. The van der Waals surface area contributed by atoms with Gasteiger partial charge in [-0.25, -0.2) is 24.0 Å². The Hall–Kier alpha value is -6.30. The lowest BCUT2D eigenvalue weighted by Gasteiger charge is -2.50. The van der Waals surface area contributed by atoms with Crippen LogP contribution in [0.1, 0.15) is 108 Å². The highest BCUT2D eigenvalue weighted by Crippen LogP contribution is 2.35. The number of carbonyl (C=O) groups is 6. The van der Waals surface area contributed by atoms with Crippen molar-refractivity contribution < 1.29 is 96.7 Å². The Balaban J connectivity index is 1.74. The molecule has 4 rings (SSSR count). The number of amides is 6. The largest absolute Gasteiger partial charge is 0.465 e. The SMILES string of the molecule is CN(C(=O)OC(C)(C)C)[C@@H]1[C@@H](O)[C@@H](O[C@@H]2[C@@H](O)[C@H](O[C@H]3OC(CNC(=O)OCc4ccc([N+](=O)[O-])cc4)=CC[C@H]3NC(=O)OC(C)(C)C)[C@@H](NC(=O)OC(C)(C)C)C[C@H]2NC(=O)[C@@H](O)CNC(=O)OC(C)(C)C)OC[C@]1(C)O. The van der Waals surface area contributed by atoms with Crippen LogP contribution in [0.2, 0.25) is 0 Å². The van der Waals surface area contributed by atoms with Crippen molar-refractivity contribution in [3.63, 3.8) is 0 Å². The zero-order chi connectivity index (χ0) is 58.9. The number of rotatable bonds is 16. The molecule has 2 fully saturated rings. The van der Waals surface area contributed by atoms with Crippen molar-refractivity contribution in [3.8, 4) is 0 Å². The number of non-ortho nitro benzene ring substituents is 1. The highest BCUT2D eigenvalue weighted by Gasteiger charge is 2.55. The molecule has 3 aliphatic rings. The van der Waals surface area contributed by atoms with E-state index in [2.05, 4.69) is 26.6 Å². The quantitative estimate of drug-likeness (QED) is 0.0653. The van der Waals surface area contributed by atoms with Gasteiger partial charge in [-0.05, 0) is 127 Å². The van der Waals surface area contributed by atoms with Crippen LogP contribution in [0.4, 0.5) is 29.7 Å². The van der Waals surface area contributed by atoms with Crippen molar-refractivity contribution in [1.29, 1.82) is 0 Å². The van der Waals surface area contributed by atoms with Crippen molar-refractivity contribution in [1.82, 2.24) is 31.5 Å². The second kappa shape index (κ2) is 26.1. The Morgan fingerprint density at radius 2 is 1.26 bits per heavy atom. The number of aliphatic hydroxyl groups excluding tert-OH is 3. The topological polar surface area (TPSA) is 373 Å². The summed E-state index contributed by atoms with van der Waals surface area (Å²) < 4.78 is 52.1. The molecule has 12 atom stereocenters. The zero-order valence-corrected chi connectivity index (χ0v) is 46.6. The Kier molecular flexibility index (Phi) is 21.5. The van der Waals surface area contributed by atoms with Gasteiger partial charge in [0.2, 0.25) is 6.29 Å². The molecule has 0 spiro atoms. The molecule has 2 heterocycles. The molecule has 1 aromatic carbocycles. The van der Waals surface area contributed by atoms with Crippen LogP contribution in [0.25, 0.3) is 0 Å². The van der Waals surface area contributed by atoms with E-state index in [1.54, 1.807) is 83.1 Å². The number of ether oxygens (including phenoxy) is 9. The molecule has 78 heavy (non-hydrogen) atoms. The lowest BCUT2D eigenvalue weighted by Crippen LogP contribution is -2.71. The summed E-state index contributed by atoms with van der Waals surface area (Å²) in [6, 6.07) is -0.0996. The van der Waals surface area contributed by atoms with Gasteiger partial charge in [0.25, 0.3) is 11.6 Å². The van der Waals surface area contributed by atoms with Gasteiger partial charge in [-0.3, -0.25) is 14.9 Å². The van der Waals surface area contributed by atoms with E-state index in [0.29, 0.717) is 5.56 Å². The van der Waals surface area contributed by atoms with Crippen molar-refractivity contribution >= 4 is 42.1 Å². The minimum absolute atomic E-state index is 0.0475. The molecule has 440 valence electrons. The fraction of sp³-hybridized carbons (Fsp3) is 0.720. The summed E-state index contributed by atoms with van der Waals surface area (Å²) in [6.45, 7) is 18.8. The van der Waals surface area contributed by atoms with Crippen LogP contribution in [0, 0.1) is 10.1 Å². The first kappa shape index (κ1) is 64.2. The van der Waals surface area contributed by atoms with E-state index in [-0.39, 0.29) is 31.0 Å². The molecule has 28 nitrogen and oxygen atoms in total. The molecule has 2 aliphatic heterocycles. The summed E-state index contributed by atoms with van der Waals surface area (Å²) in [5, 5.41) is 70.9.